The Morgan fingerprint density at radius 3 is 2.70 bits per heavy atom. The van der Waals surface area contributed by atoms with Crippen LogP contribution in [0.4, 0.5) is 0 Å². The Balaban J connectivity index is 0.933. The van der Waals surface area contributed by atoms with Crippen molar-refractivity contribution in [3.63, 3.8) is 0 Å². The number of allylic oxidation sites excluding steroid dienone is 3. The van der Waals surface area contributed by atoms with Gasteiger partial charge in [0.05, 0.1) is 60.2 Å². The second-order valence-electron chi connectivity index (χ2n) is 26.6. The molecule has 3 saturated carbocycles. The number of dihydropyridines is 1. The van der Waals surface area contributed by atoms with Gasteiger partial charge in [0, 0.05) is 104 Å². The summed E-state index contributed by atoms with van der Waals surface area (Å²) in [6.45, 7) is 2.52. The summed E-state index contributed by atoms with van der Waals surface area (Å²) in [5.41, 5.74) is 8.03. The van der Waals surface area contributed by atoms with Crippen LogP contribution >= 0.6 is 0 Å². The molecule has 14 rings (SSSR count). The van der Waals surface area contributed by atoms with Crippen LogP contribution in [0.25, 0.3) is 10.9 Å². The van der Waals surface area contributed by atoms with E-state index in [4.69, 9.17) is 29.7 Å². The molecular weight excluding hydrogens is 1130 g/mol. The van der Waals surface area contributed by atoms with Crippen molar-refractivity contribution in [2.24, 2.45) is 51.1 Å². The Hall–Kier alpha value is -8.07. The number of esters is 1. The van der Waals surface area contributed by atoms with E-state index in [0.717, 1.165) is 66.1 Å². The first kappa shape index (κ1) is 58.6. The van der Waals surface area contributed by atoms with Crippen molar-refractivity contribution in [1.29, 1.82) is 0 Å². The van der Waals surface area contributed by atoms with Crippen LogP contribution in [0.15, 0.2) is 120 Å². The maximum atomic E-state index is 13.6. The summed E-state index contributed by atoms with van der Waals surface area (Å²) in [5, 5.41) is 76.2. The van der Waals surface area contributed by atoms with Crippen molar-refractivity contribution in [3.05, 3.63) is 132 Å². The van der Waals surface area contributed by atoms with Gasteiger partial charge in [0.25, 0.3) is 0 Å². The maximum absolute atomic E-state index is 13.6. The Morgan fingerprint density at radius 2 is 1.87 bits per heavy atom. The molecule has 16 unspecified atom stereocenters. The molecule has 8 heterocycles. The molecule has 16 atom stereocenters. The Labute approximate surface area is 518 Å². The smallest absolute Gasteiger partial charge is 0.302 e. The average molecular weight is 1210 g/mol. The first-order valence-corrected chi connectivity index (χ1v) is 32.1. The molecule has 5 aromatic rings. The quantitative estimate of drug-likeness (QED) is 0.0262. The van der Waals surface area contributed by atoms with Crippen LogP contribution in [0.3, 0.4) is 0 Å². The standard InChI is InChI=1S/C70H81N9O10/c1-41(80)87-57-34-56(47-32-54(82)63(84)59(33-47)86-29-22-42-8-7-26-72-37-42)89-64-49(57)17-15-48-16-18-50-55-12-5-25-70(50)62(66(85)76-51-11-3-2-9-45(51)10-4-24-69(48,64)36-43-14-19-53(81)58(30-43)88-55)65(79-38-46-21-28-73-52(46)39-79)77-67(78-70)75-40-68(23-6-13-60(68)83)35-44-20-27-74-61(71)31-44/h7-8,14-15,17,19-21,26,28,30-33,37-39,45,48-51,55-57,60,62,64-66,73-74,76,81-85H,2-3,5-6,9,11-13,22-25,27,29,34-36,40,71H2,1H3,(H2,75,77,78). The highest BCUT2D eigenvalue weighted by atomic mass is 16.6. The fraction of sp³-hybridized carbons (Fsp3) is 0.500. The number of fused-ring (bicyclic) bond motifs is 5. The van der Waals surface area contributed by atoms with Crippen molar-refractivity contribution in [3.8, 4) is 52.4 Å². The number of H-pyrrole nitrogens is 1. The highest BCUT2D eigenvalue weighted by Crippen LogP contribution is 2.56. The van der Waals surface area contributed by atoms with Gasteiger partial charge in [0.1, 0.15) is 24.6 Å². The number of benzene rings is 2. The Kier molecular flexibility index (Phi) is 15.8. The maximum Gasteiger partial charge on any atom is 0.302 e. The van der Waals surface area contributed by atoms with Crippen molar-refractivity contribution in [1.82, 2.24) is 35.8 Å². The number of ether oxygens (including phenoxy) is 4. The van der Waals surface area contributed by atoms with Crippen LogP contribution in [0.2, 0.25) is 0 Å². The van der Waals surface area contributed by atoms with Gasteiger partial charge in [-0.2, -0.15) is 0 Å². The number of aromatic amines is 1. The van der Waals surface area contributed by atoms with E-state index in [1.165, 1.54) is 13.0 Å². The third-order valence-electron chi connectivity index (χ3n) is 21.1. The Morgan fingerprint density at radius 1 is 0.978 bits per heavy atom. The summed E-state index contributed by atoms with van der Waals surface area (Å²) in [6.07, 6.45) is 22.5. The molecule has 0 radical (unpaired) electrons. The van der Waals surface area contributed by atoms with Gasteiger partial charge in [-0.1, -0.05) is 67.4 Å². The summed E-state index contributed by atoms with van der Waals surface area (Å²) in [4.78, 5) is 26.5. The molecule has 4 aliphatic carbocycles. The Bertz CT molecular complexity index is 3710. The summed E-state index contributed by atoms with van der Waals surface area (Å²) < 4.78 is 29.6. The molecule has 9 aliphatic rings. The first-order chi connectivity index (χ1) is 43.2. The monoisotopic (exact) mass is 1210 g/mol. The first-order valence-electron chi connectivity index (χ1n) is 32.1. The largest absolute Gasteiger partial charge is 0.504 e. The second kappa shape index (κ2) is 24.0. The number of aliphatic imine (C=N–C) groups is 1. The van der Waals surface area contributed by atoms with Crippen molar-refractivity contribution in [2.45, 2.75) is 158 Å². The van der Waals surface area contributed by atoms with E-state index in [9.17, 15) is 30.3 Å². The molecule has 1 spiro atoms. The van der Waals surface area contributed by atoms with Crippen molar-refractivity contribution >= 4 is 22.8 Å². The summed E-state index contributed by atoms with van der Waals surface area (Å²) >= 11 is 0. The van der Waals surface area contributed by atoms with Crippen LogP contribution in [0.1, 0.15) is 119 Å². The minimum Gasteiger partial charge on any atom is -0.504 e. The fourth-order valence-corrected chi connectivity index (χ4v) is 16.7. The number of phenolic OH excluding ortho intramolecular Hbond substituents is 3. The number of rotatable bonds is 11. The molecule has 89 heavy (non-hydrogen) atoms. The normalized spacial score (nSPS) is 34.9. The van der Waals surface area contributed by atoms with E-state index >= 15 is 0 Å². The lowest BCUT2D eigenvalue weighted by molar-refractivity contribution is -0.197. The molecule has 5 aliphatic heterocycles. The SMILES string of the molecule is CC(=O)OC1CC(c2cc(O)c(O)c(OCCc3cccnc3)c2)OC2C1C=CC1C#CC3C4CCCC35NC(=NCC3(CC6=CCNC(N)=C6)CCCC3O)NC(n3cc6cc[nH]c6c3)C5C(O)NC3CCCCC3C#CCC12Cc1ccc(O)c(c1)O4. The fourth-order valence-electron chi connectivity index (χ4n) is 16.7. The lowest BCUT2D eigenvalue weighted by atomic mass is 9.57. The van der Waals surface area contributed by atoms with Gasteiger partial charge in [0.2, 0.25) is 5.75 Å². The highest BCUT2D eigenvalue weighted by molar-refractivity contribution is 5.83. The average Bonchev–Trinajstić information content (AvgIpc) is 1.39. The van der Waals surface area contributed by atoms with Crippen molar-refractivity contribution in [2.75, 3.05) is 19.7 Å². The zero-order valence-corrected chi connectivity index (χ0v) is 50.2. The summed E-state index contributed by atoms with van der Waals surface area (Å²) in [6, 6.07) is 14.4. The summed E-state index contributed by atoms with van der Waals surface area (Å²) in [5.74, 6) is 13.2. The number of hydrogen-bond donors (Lipinski definition) is 11. The molecule has 5 fully saturated rings. The molecule has 19 nitrogen and oxygen atoms in total. The molecule has 466 valence electrons. The topological polar surface area (TPSA) is 275 Å². The van der Waals surface area contributed by atoms with Gasteiger partial charge >= 0.3 is 5.97 Å². The zero-order chi connectivity index (χ0) is 61.0. The molecule has 3 aromatic heterocycles. The van der Waals surface area contributed by atoms with E-state index in [1.807, 2.05) is 42.6 Å². The van der Waals surface area contributed by atoms with E-state index in [-0.39, 0.29) is 42.2 Å². The number of pyridine rings is 1. The van der Waals surface area contributed by atoms with E-state index in [0.29, 0.717) is 87.5 Å². The lowest BCUT2D eigenvalue weighted by Crippen LogP contribution is -2.75. The van der Waals surface area contributed by atoms with E-state index in [1.54, 1.807) is 24.5 Å². The van der Waals surface area contributed by atoms with E-state index in [2.05, 4.69) is 90.1 Å². The number of aromatic hydroxyl groups is 3. The number of aliphatic hydroxyl groups excluding tert-OH is 2. The van der Waals surface area contributed by atoms with Gasteiger partial charge in [-0.25, -0.2) is 0 Å². The number of hydrogen-bond acceptors (Lipinski definition) is 15. The minimum atomic E-state index is -1.12. The molecule has 4 bridgehead atoms. The zero-order valence-electron chi connectivity index (χ0n) is 50.2. The number of nitrogens with two attached hydrogens (primary N) is 1. The van der Waals surface area contributed by atoms with Crippen LogP contribution in [-0.4, -0.2) is 114 Å². The highest BCUT2D eigenvalue weighted by Gasteiger charge is 2.61. The van der Waals surface area contributed by atoms with Crippen LogP contribution < -0.4 is 36.5 Å². The number of carbonyl (C=O) groups is 1. The molecule has 12 N–H and O–H groups in total. The van der Waals surface area contributed by atoms with Gasteiger partial charge in [-0.05, 0) is 123 Å². The third kappa shape index (κ3) is 11.2. The van der Waals surface area contributed by atoms with Gasteiger partial charge in [-0.15, -0.1) is 5.92 Å². The van der Waals surface area contributed by atoms with Crippen molar-refractivity contribution < 1.29 is 49.3 Å². The summed E-state index contributed by atoms with van der Waals surface area (Å²) in [7, 11) is 0. The number of nitrogens with zero attached hydrogens (tertiary/aromatic N) is 3. The number of aromatic nitrogens is 3. The number of phenols is 3. The third-order valence-corrected chi connectivity index (χ3v) is 21.1. The minimum absolute atomic E-state index is 0.0254. The van der Waals surface area contributed by atoms with E-state index < -0.39 is 94.7 Å². The molecule has 0 amide bonds. The molecular formula is C70H81N9O10. The van der Waals surface area contributed by atoms with Gasteiger partial charge < -0.3 is 75.7 Å². The number of guanidine groups is 1. The lowest BCUT2D eigenvalue weighted by Gasteiger charge is -2.57. The number of nitrogens with one attached hydrogen (secondary N) is 5. The van der Waals surface area contributed by atoms with Crippen LogP contribution in [0.5, 0.6) is 28.7 Å². The predicted octanol–water partition coefficient (Wildman–Crippen LogP) is 7.69. The molecule has 19 heteroatoms. The molecule has 2 aromatic carbocycles. The van der Waals surface area contributed by atoms with Crippen LogP contribution in [0, 0.1) is 64.1 Å². The van der Waals surface area contributed by atoms with Gasteiger partial charge in [-0.3, -0.25) is 20.1 Å². The second-order valence-corrected chi connectivity index (χ2v) is 26.6. The molecule has 2 saturated heterocycles. The predicted molar refractivity (Wildman–Crippen MR) is 334 cm³/mol. The van der Waals surface area contributed by atoms with Gasteiger partial charge in [0.15, 0.2) is 29.0 Å². The number of aliphatic hydroxyl groups is 2. The van der Waals surface area contributed by atoms with Crippen LogP contribution in [-0.2, 0) is 27.1 Å². The number of carbonyl (C=O) groups excluding carboxylic acids is 1.